The van der Waals surface area contributed by atoms with Crippen molar-refractivity contribution in [1.29, 1.82) is 0 Å². The number of imidazole rings is 1. The third kappa shape index (κ3) is 3.18. The average Bonchev–Trinajstić information content (AvgIpc) is 2.93. The fraction of sp³-hybridized carbons (Fsp3) is 0.800. The molecule has 1 aromatic rings. The number of ether oxygens (including phenoxy) is 1. The maximum absolute atomic E-state index is 5.85. The van der Waals surface area contributed by atoms with Gasteiger partial charge < -0.3 is 14.6 Å². The van der Waals surface area contributed by atoms with Crippen LogP contribution in [0.4, 0.5) is 0 Å². The molecule has 0 saturated heterocycles. The zero-order chi connectivity index (χ0) is 13.7. The van der Waals surface area contributed by atoms with Gasteiger partial charge in [-0.15, -0.1) is 0 Å². The van der Waals surface area contributed by atoms with Crippen LogP contribution in [0.15, 0.2) is 12.4 Å². The Morgan fingerprint density at radius 1 is 1.42 bits per heavy atom. The van der Waals surface area contributed by atoms with Crippen LogP contribution >= 0.6 is 0 Å². The van der Waals surface area contributed by atoms with E-state index in [9.17, 15) is 0 Å². The molecule has 0 aliphatic heterocycles. The highest BCUT2D eigenvalue weighted by atomic mass is 16.5. The minimum absolute atomic E-state index is 0.183. The average molecular weight is 265 g/mol. The van der Waals surface area contributed by atoms with E-state index < -0.39 is 0 Å². The van der Waals surface area contributed by atoms with Crippen LogP contribution in [-0.2, 0) is 11.3 Å². The van der Waals surface area contributed by atoms with E-state index in [1.807, 2.05) is 26.6 Å². The zero-order valence-electron chi connectivity index (χ0n) is 12.4. The second-order valence-corrected chi connectivity index (χ2v) is 5.44. The first kappa shape index (κ1) is 14.5. The van der Waals surface area contributed by atoms with Gasteiger partial charge in [-0.05, 0) is 32.7 Å². The van der Waals surface area contributed by atoms with Gasteiger partial charge >= 0.3 is 0 Å². The van der Waals surface area contributed by atoms with E-state index >= 15 is 0 Å². The standard InChI is InChI=1S/C15H27N3O/c1-4-18-11-10-17-15(18)13(16-2)14(19-3)12-8-6-5-7-9-12/h10-14,16H,4-9H2,1-3H3. The molecule has 1 fully saturated rings. The summed E-state index contributed by atoms with van der Waals surface area (Å²) < 4.78 is 8.05. The lowest BCUT2D eigenvalue weighted by atomic mass is 9.82. The van der Waals surface area contributed by atoms with Gasteiger partial charge in [-0.25, -0.2) is 4.98 Å². The van der Waals surface area contributed by atoms with Gasteiger partial charge in [0.25, 0.3) is 0 Å². The number of likely N-dealkylation sites (N-methyl/N-ethyl adjacent to an activating group) is 1. The third-order valence-corrected chi connectivity index (χ3v) is 4.39. The van der Waals surface area contributed by atoms with Gasteiger partial charge in [0.15, 0.2) is 0 Å². The fourth-order valence-electron chi connectivity index (χ4n) is 3.37. The van der Waals surface area contributed by atoms with Gasteiger partial charge in [-0.3, -0.25) is 0 Å². The first-order valence-electron chi connectivity index (χ1n) is 7.52. The van der Waals surface area contributed by atoms with Gasteiger partial charge in [-0.1, -0.05) is 19.3 Å². The predicted molar refractivity (Wildman–Crippen MR) is 77.1 cm³/mol. The van der Waals surface area contributed by atoms with Crippen LogP contribution in [0.1, 0.15) is 50.9 Å². The summed E-state index contributed by atoms with van der Waals surface area (Å²) in [6.45, 7) is 3.11. The first-order chi connectivity index (χ1) is 9.31. The van der Waals surface area contributed by atoms with Crippen LogP contribution in [0, 0.1) is 5.92 Å². The molecule has 1 heterocycles. The maximum atomic E-state index is 5.85. The molecule has 0 aromatic carbocycles. The largest absolute Gasteiger partial charge is 0.379 e. The topological polar surface area (TPSA) is 39.1 Å². The number of aromatic nitrogens is 2. The minimum Gasteiger partial charge on any atom is -0.379 e. The third-order valence-electron chi connectivity index (χ3n) is 4.39. The first-order valence-corrected chi connectivity index (χ1v) is 7.52. The Morgan fingerprint density at radius 3 is 2.74 bits per heavy atom. The van der Waals surface area contributed by atoms with Crippen LogP contribution in [0.5, 0.6) is 0 Å². The van der Waals surface area contributed by atoms with Crippen LogP contribution in [0.3, 0.4) is 0 Å². The molecule has 0 amide bonds. The van der Waals surface area contributed by atoms with E-state index in [0.717, 1.165) is 12.4 Å². The van der Waals surface area contributed by atoms with E-state index in [1.54, 1.807) is 0 Å². The van der Waals surface area contributed by atoms with E-state index in [2.05, 4.69) is 21.8 Å². The summed E-state index contributed by atoms with van der Waals surface area (Å²) in [6.07, 6.45) is 10.8. The summed E-state index contributed by atoms with van der Waals surface area (Å²) in [5, 5.41) is 3.42. The summed E-state index contributed by atoms with van der Waals surface area (Å²) >= 11 is 0. The Labute approximate surface area is 116 Å². The Kier molecular flexibility index (Phi) is 5.40. The Bertz CT molecular complexity index is 371. The lowest BCUT2D eigenvalue weighted by Crippen LogP contribution is -2.39. The van der Waals surface area contributed by atoms with Crippen molar-refractivity contribution in [3.8, 4) is 0 Å². The van der Waals surface area contributed by atoms with Crippen molar-refractivity contribution in [3.05, 3.63) is 18.2 Å². The second kappa shape index (κ2) is 7.06. The zero-order valence-corrected chi connectivity index (χ0v) is 12.4. The minimum atomic E-state index is 0.183. The normalized spacial score (nSPS) is 20.4. The summed E-state index contributed by atoms with van der Waals surface area (Å²) in [5.74, 6) is 1.75. The van der Waals surface area contributed by atoms with Crippen molar-refractivity contribution >= 4 is 0 Å². The Hall–Kier alpha value is -0.870. The molecule has 19 heavy (non-hydrogen) atoms. The highest BCUT2D eigenvalue weighted by Gasteiger charge is 2.32. The quantitative estimate of drug-likeness (QED) is 0.859. The van der Waals surface area contributed by atoms with E-state index in [-0.39, 0.29) is 12.1 Å². The molecule has 1 aliphatic carbocycles. The van der Waals surface area contributed by atoms with E-state index in [1.165, 1.54) is 32.1 Å². The van der Waals surface area contributed by atoms with Crippen molar-refractivity contribution in [2.24, 2.45) is 5.92 Å². The van der Waals surface area contributed by atoms with Crippen LogP contribution in [0.2, 0.25) is 0 Å². The number of methoxy groups -OCH3 is 1. The molecule has 4 heteroatoms. The van der Waals surface area contributed by atoms with Gasteiger partial charge in [0.2, 0.25) is 0 Å². The molecule has 4 nitrogen and oxygen atoms in total. The monoisotopic (exact) mass is 265 g/mol. The molecule has 108 valence electrons. The summed E-state index contributed by atoms with van der Waals surface area (Å²) in [6, 6.07) is 0.183. The fourth-order valence-corrected chi connectivity index (χ4v) is 3.37. The smallest absolute Gasteiger partial charge is 0.128 e. The van der Waals surface area contributed by atoms with Crippen molar-refractivity contribution in [1.82, 2.24) is 14.9 Å². The van der Waals surface area contributed by atoms with Crippen molar-refractivity contribution < 1.29 is 4.74 Å². The molecular formula is C15H27N3O. The molecule has 2 rings (SSSR count). The number of hydrogen-bond acceptors (Lipinski definition) is 3. The highest BCUT2D eigenvalue weighted by Crippen LogP contribution is 2.33. The lowest BCUT2D eigenvalue weighted by Gasteiger charge is -2.34. The predicted octanol–water partition coefficient (Wildman–Crippen LogP) is 2.76. The molecule has 2 atom stereocenters. The van der Waals surface area contributed by atoms with Crippen molar-refractivity contribution in [2.45, 2.75) is 57.7 Å². The molecule has 1 aliphatic rings. The van der Waals surface area contributed by atoms with Gasteiger partial charge in [0, 0.05) is 26.0 Å². The van der Waals surface area contributed by atoms with Crippen LogP contribution < -0.4 is 5.32 Å². The van der Waals surface area contributed by atoms with Crippen LogP contribution in [-0.4, -0.2) is 29.8 Å². The molecule has 1 saturated carbocycles. The van der Waals surface area contributed by atoms with E-state index in [0.29, 0.717) is 5.92 Å². The number of hydrogen-bond donors (Lipinski definition) is 1. The molecule has 1 aromatic heterocycles. The Morgan fingerprint density at radius 2 is 2.16 bits per heavy atom. The number of rotatable bonds is 6. The maximum Gasteiger partial charge on any atom is 0.128 e. The lowest BCUT2D eigenvalue weighted by molar-refractivity contribution is 0.00648. The van der Waals surface area contributed by atoms with Crippen molar-refractivity contribution in [3.63, 3.8) is 0 Å². The molecule has 1 N–H and O–H groups in total. The highest BCUT2D eigenvalue weighted by molar-refractivity contribution is 5.03. The number of nitrogens with zero attached hydrogens (tertiary/aromatic N) is 2. The SMILES string of the molecule is CCn1ccnc1C(NC)C(OC)C1CCCCC1. The molecule has 0 spiro atoms. The summed E-state index contributed by atoms with van der Waals surface area (Å²) in [4.78, 5) is 4.54. The van der Waals surface area contributed by atoms with Crippen molar-refractivity contribution in [2.75, 3.05) is 14.2 Å². The van der Waals surface area contributed by atoms with Gasteiger partial charge in [-0.2, -0.15) is 0 Å². The Balaban J connectivity index is 2.18. The summed E-state index contributed by atoms with van der Waals surface area (Å²) in [7, 11) is 3.84. The number of nitrogens with one attached hydrogen (secondary N) is 1. The van der Waals surface area contributed by atoms with E-state index in [4.69, 9.17) is 4.74 Å². The molecular weight excluding hydrogens is 238 g/mol. The molecule has 0 radical (unpaired) electrons. The van der Waals surface area contributed by atoms with Gasteiger partial charge in [0.05, 0.1) is 12.1 Å². The molecule has 0 bridgehead atoms. The second-order valence-electron chi connectivity index (χ2n) is 5.44. The van der Waals surface area contributed by atoms with Crippen LogP contribution in [0.25, 0.3) is 0 Å². The van der Waals surface area contributed by atoms with Gasteiger partial charge in [0.1, 0.15) is 5.82 Å². The molecule has 2 unspecified atom stereocenters. The summed E-state index contributed by atoms with van der Waals surface area (Å²) in [5.41, 5.74) is 0. The number of aryl methyl sites for hydroxylation is 1.